The van der Waals surface area contributed by atoms with Crippen LogP contribution in [0, 0.1) is 0 Å². The van der Waals surface area contributed by atoms with E-state index < -0.39 is 16.0 Å². The second kappa shape index (κ2) is 9.40. The van der Waals surface area contributed by atoms with Gasteiger partial charge in [0, 0.05) is 16.5 Å². The lowest BCUT2D eigenvalue weighted by atomic mass is 10.0. The Morgan fingerprint density at radius 3 is 2.48 bits per heavy atom. The van der Waals surface area contributed by atoms with Gasteiger partial charge in [0.05, 0.1) is 15.6 Å². The number of nitrogens with one attached hydrogen (secondary N) is 1. The number of aromatic hydroxyl groups is 1. The molecule has 0 aliphatic carbocycles. The summed E-state index contributed by atoms with van der Waals surface area (Å²) in [5.74, 6) is -0.497. The fourth-order valence-electron chi connectivity index (χ4n) is 2.94. The van der Waals surface area contributed by atoms with Crippen LogP contribution in [-0.4, -0.2) is 25.6 Å². The van der Waals surface area contributed by atoms with E-state index >= 15 is 0 Å². The lowest BCUT2D eigenvalue weighted by Crippen LogP contribution is -2.17. The van der Waals surface area contributed by atoms with Gasteiger partial charge in [-0.2, -0.15) is 13.5 Å². The van der Waals surface area contributed by atoms with E-state index in [1.165, 1.54) is 42.6 Å². The van der Waals surface area contributed by atoms with E-state index in [-0.39, 0.29) is 26.3 Å². The quantitative estimate of drug-likeness (QED) is 0.200. The molecule has 11 heteroatoms. The topological polar surface area (TPSA) is 105 Å². The number of nitrogens with zero attached hydrogens (tertiary/aromatic N) is 1. The maximum atomic E-state index is 12.6. The first kappa shape index (κ1) is 23.1. The summed E-state index contributed by atoms with van der Waals surface area (Å²) in [5, 5.41) is 14.7. The molecular formula is C22H14Cl2N2O5S2. The SMILES string of the molecule is O=C(N/N=C/c1ccc(OS(=O)(=O)c2ccc(Cl)s2)c2ccccc12)c1ccc(O)c(Cl)c1. The molecule has 7 nitrogen and oxygen atoms in total. The Balaban J connectivity index is 1.58. The van der Waals surface area contributed by atoms with Crippen molar-refractivity contribution in [2.75, 3.05) is 0 Å². The molecule has 168 valence electrons. The Hall–Kier alpha value is -3.11. The molecule has 0 atom stereocenters. The molecule has 0 spiro atoms. The van der Waals surface area contributed by atoms with E-state index in [0.29, 0.717) is 20.7 Å². The molecule has 0 aliphatic rings. The summed E-state index contributed by atoms with van der Waals surface area (Å²) in [6, 6.07) is 17.1. The van der Waals surface area contributed by atoms with Gasteiger partial charge in [-0.3, -0.25) is 4.79 Å². The van der Waals surface area contributed by atoms with Gasteiger partial charge in [0.1, 0.15) is 5.75 Å². The summed E-state index contributed by atoms with van der Waals surface area (Å²) in [5.41, 5.74) is 3.24. The molecule has 4 aromatic rings. The second-order valence-electron chi connectivity index (χ2n) is 6.66. The number of rotatable bonds is 6. The van der Waals surface area contributed by atoms with Crippen molar-refractivity contribution in [3.63, 3.8) is 0 Å². The molecule has 0 saturated heterocycles. The highest BCUT2D eigenvalue weighted by Crippen LogP contribution is 2.33. The van der Waals surface area contributed by atoms with E-state index in [1.54, 1.807) is 30.3 Å². The molecule has 33 heavy (non-hydrogen) atoms. The summed E-state index contributed by atoms with van der Waals surface area (Å²) >= 11 is 12.6. The normalized spacial score (nSPS) is 11.7. The van der Waals surface area contributed by atoms with E-state index in [1.807, 2.05) is 0 Å². The van der Waals surface area contributed by atoms with Gasteiger partial charge in [0.25, 0.3) is 5.91 Å². The Morgan fingerprint density at radius 2 is 1.79 bits per heavy atom. The highest BCUT2D eigenvalue weighted by atomic mass is 35.5. The second-order valence-corrected chi connectivity index (χ2v) is 10.6. The first-order valence-corrected chi connectivity index (χ1v) is 12.3. The summed E-state index contributed by atoms with van der Waals surface area (Å²) in [6.07, 6.45) is 1.43. The summed E-state index contributed by atoms with van der Waals surface area (Å²) in [7, 11) is -4.05. The zero-order valence-electron chi connectivity index (χ0n) is 16.5. The van der Waals surface area contributed by atoms with Crippen molar-refractivity contribution in [2.45, 2.75) is 4.21 Å². The fourth-order valence-corrected chi connectivity index (χ4v) is 5.52. The maximum Gasteiger partial charge on any atom is 0.348 e. The number of amides is 1. The molecule has 2 N–H and O–H groups in total. The minimum absolute atomic E-state index is 0.000679. The number of carbonyl (C=O) groups is 1. The van der Waals surface area contributed by atoms with Crippen LogP contribution in [0.15, 0.2) is 76.0 Å². The van der Waals surface area contributed by atoms with Gasteiger partial charge in [0.2, 0.25) is 0 Å². The average molecular weight is 521 g/mol. The summed E-state index contributed by atoms with van der Waals surface area (Å²) in [4.78, 5) is 12.2. The molecule has 0 radical (unpaired) electrons. The first-order valence-electron chi connectivity index (χ1n) is 9.28. The van der Waals surface area contributed by atoms with Crippen molar-refractivity contribution < 1.29 is 22.5 Å². The maximum absolute atomic E-state index is 12.6. The van der Waals surface area contributed by atoms with Crippen LogP contribution in [0.5, 0.6) is 11.5 Å². The Labute approximate surface area is 203 Å². The van der Waals surface area contributed by atoms with Crippen molar-refractivity contribution in [2.24, 2.45) is 5.10 Å². The Bertz CT molecular complexity index is 1500. The third-order valence-corrected chi connectivity index (χ3v) is 7.71. The van der Waals surface area contributed by atoms with E-state index in [4.69, 9.17) is 27.4 Å². The number of benzene rings is 3. The Morgan fingerprint density at radius 1 is 1.03 bits per heavy atom. The van der Waals surface area contributed by atoms with Gasteiger partial charge in [-0.25, -0.2) is 5.43 Å². The molecule has 0 bridgehead atoms. The fraction of sp³-hybridized carbons (Fsp3) is 0. The molecule has 0 unspecified atom stereocenters. The van der Waals surface area contributed by atoms with Gasteiger partial charge in [0.15, 0.2) is 9.96 Å². The van der Waals surface area contributed by atoms with Crippen LogP contribution in [0.2, 0.25) is 9.36 Å². The largest absolute Gasteiger partial charge is 0.506 e. The van der Waals surface area contributed by atoms with Crippen LogP contribution in [0.25, 0.3) is 10.8 Å². The zero-order valence-corrected chi connectivity index (χ0v) is 19.7. The number of hydrazone groups is 1. The predicted molar refractivity (Wildman–Crippen MR) is 129 cm³/mol. The lowest BCUT2D eigenvalue weighted by molar-refractivity contribution is 0.0955. The van der Waals surface area contributed by atoms with Crippen molar-refractivity contribution in [1.82, 2.24) is 5.43 Å². The van der Waals surface area contributed by atoms with Crippen molar-refractivity contribution in [3.8, 4) is 11.5 Å². The third-order valence-electron chi connectivity index (χ3n) is 4.49. The number of phenolic OH excluding ortho intramolecular Hbond substituents is 1. The minimum Gasteiger partial charge on any atom is -0.506 e. The highest BCUT2D eigenvalue weighted by molar-refractivity contribution is 7.89. The number of phenols is 1. The van der Waals surface area contributed by atoms with E-state index in [9.17, 15) is 18.3 Å². The van der Waals surface area contributed by atoms with Crippen molar-refractivity contribution in [3.05, 3.63) is 87.2 Å². The highest BCUT2D eigenvalue weighted by Gasteiger charge is 2.20. The Kier molecular flexibility index (Phi) is 6.57. The molecule has 1 aromatic heterocycles. The molecule has 0 saturated carbocycles. The zero-order chi connectivity index (χ0) is 23.6. The molecule has 0 fully saturated rings. The molecule has 3 aromatic carbocycles. The van der Waals surface area contributed by atoms with Gasteiger partial charge < -0.3 is 9.29 Å². The number of hydrogen-bond acceptors (Lipinski definition) is 7. The number of thiophene rings is 1. The molecule has 1 heterocycles. The lowest BCUT2D eigenvalue weighted by Gasteiger charge is -2.10. The van der Waals surface area contributed by atoms with Crippen molar-refractivity contribution >= 4 is 67.6 Å². The van der Waals surface area contributed by atoms with Crippen LogP contribution >= 0.6 is 34.5 Å². The summed E-state index contributed by atoms with van der Waals surface area (Å²) < 4.78 is 30.9. The number of carbonyl (C=O) groups excluding carboxylic acids is 1. The van der Waals surface area contributed by atoms with Crippen LogP contribution in [0.4, 0.5) is 0 Å². The monoisotopic (exact) mass is 520 g/mol. The average Bonchev–Trinajstić information content (AvgIpc) is 3.24. The number of hydrogen-bond donors (Lipinski definition) is 2. The van der Waals surface area contributed by atoms with Crippen LogP contribution in [0.3, 0.4) is 0 Å². The standard InChI is InChI=1S/C22H14Cl2N2O5S2/c23-17-11-13(5-7-18(17)27)22(28)26-25-12-14-6-8-19(16-4-2-1-3-15(14)16)31-33(29,30)21-10-9-20(24)32-21/h1-12,27H,(H,26,28)/b25-12+. The van der Waals surface area contributed by atoms with Gasteiger partial charge in [-0.15, -0.1) is 11.3 Å². The van der Waals surface area contributed by atoms with Gasteiger partial charge >= 0.3 is 10.1 Å². The number of halogens is 2. The van der Waals surface area contributed by atoms with Gasteiger partial charge in [-0.05, 0) is 47.9 Å². The first-order chi connectivity index (χ1) is 15.7. The van der Waals surface area contributed by atoms with Gasteiger partial charge in [-0.1, -0.05) is 47.5 Å². The van der Waals surface area contributed by atoms with Crippen LogP contribution < -0.4 is 9.61 Å². The van der Waals surface area contributed by atoms with Crippen LogP contribution in [-0.2, 0) is 10.1 Å². The smallest absolute Gasteiger partial charge is 0.348 e. The number of fused-ring (bicyclic) bond motifs is 1. The molecular weight excluding hydrogens is 507 g/mol. The predicted octanol–water partition coefficient (Wildman–Crippen LogP) is 5.45. The molecule has 4 rings (SSSR count). The van der Waals surface area contributed by atoms with E-state index in [2.05, 4.69) is 10.5 Å². The summed E-state index contributed by atoms with van der Waals surface area (Å²) in [6.45, 7) is 0. The van der Waals surface area contributed by atoms with Crippen molar-refractivity contribution in [1.29, 1.82) is 0 Å². The molecule has 0 aliphatic heterocycles. The minimum atomic E-state index is -4.05. The molecule has 1 amide bonds. The van der Waals surface area contributed by atoms with E-state index in [0.717, 1.165) is 11.3 Å². The third kappa shape index (κ3) is 5.12. The van der Waals surface area contributed by atoms with Crippen LogP contribution in [0.1, 0.15) is 15.9 Å².